The average molecular weight is 254 g/mol. The van der Waals surface area contributed by atoms with Gasteiger partial charge in [0.2, 0.25) is 11.8 Å². The van der Waals surface area contributed by atoms with Gasteiger partial charge in [-0.05, 0) is 34.6 Å². The lowest BCUT2D eigenvalue weighted by atomic mass is 9.74. The summed E-state index contributed by atoms with van der Waals surface area (Å²) < 4.78 is 4.96. The third kappa shape index (κ3) is 3.29. The first-order valence-electron chi connectivity index (χ1n) is 6.01. The topological polar surface area (TPSA) is 94.0 Å². The van der Waals surface area contributed by atoms with Crippen LogP contribution < -0.4 is 11.1 Å². The van der Waals surface area contributed by atoms with Crippen LogP contribution in [0.4, 0.5) is 0 Å². The highest BCUT2D eigenvalue weighted by molar-refractivity contribution is 5.83. The minimum absolute atomic E-state index is 0.0776. The summed E-state index contributed by atoms with van der Waals surface area (Å²) in [7, 11) is 0. The van der Waals surface area contributed by atoms with Gasteiger partial charge in [-0.3, -0.25) is 4.79 Å². The molecule has 0 fully saturated rings. The van der Waals surface area contributed by atoms with Crippen LogP contribution in [0.15, 0.2) is 4.52 Å². The molecule has 1 amide bonds. The molecule has 6 nitrogen and oxygen atoms in total. The summed E-state index contributed by atoms with van der Waals surface area (Å²) in [4.78, 5) is 16.1. The quantitative estimate of drug-likeness (QED) is 0.810. The van der Waals surface area contributed by atoms with Crippen LogP contribution in [0.1, 0.15) is 39.4 Å². The molecule has 0 unspecified atom stereocenters. The molecule has 0 spiro atoms. The number of hydrogen-bond acceptors (Lipinski definition) is 5. The molecule has 18 heavy (non-hydrogen) atoms. The molecule has 1 rings (SSSR count). The van der Waals surface area contributed by atoms with Gasteiger partial charge in [0.1, 0.15) is 0 Å². The van der Waals surface area contributed by atoms with Crippen LogP contribution in [0.5, 0.6) is 0 Å². The van der Waals surface area contributed by atoms with Gasteiger partial charge in [0.15, 0.2) is 5.82 Å². The van der Waals surface area contributed by atoms with Gasteiger partial charge in [-0.25, -0.2) is 0 Å². The van der Waals surface area contributed by atoms with Crippen molar-refractivity contribution in [3.05, 3.63) is 11.7 Å². The number of amides is 1. The minimum Gasteiger partial charge on any atom is -0.355 e. The number of carbonyl (C=O) groups is 1. The second-order valence-corrected chi connectivity index (χ2v) is 5.59. The first-order valence-corrected chi connectivity index (χ1v) is 6.01. The van der Waals surface area contributed by atoms with Gasteiger partial charge in [-0.1, -0.05) is 5.16 Å². The van der Waals surface area contributed by atoms with Crippen LogP contribution in [0, 0.1) is 12.3 Å². The van der Waals surface area contributed by atoms with Crippen molar-refractivity contribution >= 4 is 5.91 Å². The van der Waals surface area contributed by atoms with Crippen molar-refractivity contribution < 1.29 is 9.32 Å². The molecule has 102 valence electrons. The summed E-state index contributed by atoms with van der Waals surface area (Å²) in [5.41, 5.74) is 4.77. The second kappa shape index (κ2) is 5.06. The fraction of sp³-hybridized carbons (Fsp3) is 0.750. The van der Waals surface area contributed by atoms with Crippen molar-refractivity contribution in [2.75, 3.05) is 6.54 Å². The number of nitrogens with zero attached hydrogens (tertiary/aromatic N) is 2. The highest BCUT2D eigenvalue weighted by atomic mass is 16.5. The number of rotatable bonds is 5. The van der Waals surface area contributed by atoms with E-state index >= 15 is 0 Å². The SMILES string of the molecule is Cc1noc(CCNC(=O)C(C)(C)C(C)(C)N)n1. The van der Waals surface area contributed by atoms with E-state index in [4.69, 9.17) is 10.3 Å². The Morgan fingerprint density at radius 1 is 1.39 bits per heavy atom. The van der Waals surface area contributed by atoms with Gasteiger partial charge in [0.25, 0.3) is 0 Å². The molecule has 6 heteroatoms. The highest BCUT2D eigenvalue weighted by Gasteiger charge is 2.40. The van der Waals surface area contributed by atoms with Gasteiger partial charge in [0.05, 0.1) is 5.41 Å². The maximum Gasteiger partial charge on any atom is 0.228 e. The monoisotopic (exact) mass is 254 g/mol. The van der Waals surface area contributed by atoms with Crippen molar-refractivity contribution in [3.8, 4) is 0 Å². The molecule has 0 aliphatic carbocycles. The lowest BCUT2D eigenvalue weighted by molar-refractivity contribution is -0.132. The number of carbonyl (C=O) groups excluding carboxylic acids is 1. The van der Waals surface area contributed by atoms with Crippen LogP contribution in [-0.4, -0.2) is 28.1 Å². The van der Waals surface area contributed by atoms with E-state index < -0.39 is 11.0 Å². The van der Waals surface area contributed by atoms with Crippen molar-refractivity contribution in [2.24, 2.45) is 11.1 Å². The zero-order valence-electron chi connectivity index (χ0n) is 11.7. The van der Waals surface area contributed by atoms with E-state index in [-0.39, 0.29) is 5.91 Å². The van der Waals surface area contributed by atoms with E-state index in [2.05, 4.69) is 15.5 Å². The number of nitrogens with two attached hydrogens (primary N) is 1. The van der Waals surface area contributed by atoms with Crippen LogP contribution in [0.2, 0.25) is 0 Å². The fourth-order valence-electron chi connectivity index (χ4n) is 1.24. The smallest absolute Gasteiger partial charge is 0.228 e. The molecule has 1 aromatic heterocycles. The normalized spacial score (nSPS) is 12.6. The van der Waals surface area contributed by atoms with Gasteiger partial charge in [0, 0.05) is 18.5 Å². The molecule has 0 aromatic carbocycles. The minimum atomic E-state index is -0.641. The van der Waals surface area contributed by atoms with Crippen LogP contribution in [-0.2, 0) is 11.2 Å². The summed E-state index contributed by atoms with van der Waals surface area (Å²) in [5, 5.41) is 6.52. The molecular formula is C12H22N4O2. The van der Waals surface area contributed by atoms with Crippen molar-refractivity contribution in [2.45, 2.75) is 46.6 Å². The Balaban J connectivity index is 2.47. The van der Waals surface area contributed by atoms with Crippen LogP contribution in [0.3, 0.4) is 0 Å². The lowest BCUT2D eigenvalue weighted by Gasteiger charge is -2.36. The molecule has 0 atom stereocenters. The Bertz CT molecular complexity index is 418. The molecule has 0 aliphatic rings. The Morgan fingerprint density at radius 2 is 2.00 bits per heavy atom. The maximum absolute atomic E-state index is 12.0. The number of hydrogen-bond donors (Lipinski definition) is 2. The van der Waals surface area contributed by atoms with Crippen molar-refractivity contribution in [1.82, 2.24) is 15.5 Å². The van der Waals surface area contributed by atoms with E-state index in [9.17, 15) is 4.79 Å². The third-order valence-corrected chi connectivity index (χ3v) is 3.37. The van der Waals surface area contributed by atoms with Gasteiger partial charge in [-0.2, -0.15) is 4.98 Å². The van der Waals surface area contributed by atoms with E-state index in [1.54, 1.807) is 6.92 Å². The Hall–Kier alpha value is -1.43. The molecule has 0 radical (unpaired) electrons. The largest absolute Gasteiger partial charge is 0.355 e. The third-order valence-electron chi connectivity index (χ3n) is 3.37. The summed E-state index contributed by atoms with van der Waals surface area (Å²) >= 11 is 0. The van der Waals surface area contributed by atoms with Gasteiger partial charge < -0.3 is 15.6 Å². The zero-order valence-corrected chi connectivity index (χ0v) is 11.7. The molecular weight excluding hydrogens is 232 g/mol. The predicted molar refractivity (Wildman–Crippen MR) is 67.8 cm³/mol. The number of aryl methyl sites for hydroxylation is 1. The second-order valence-electron chi connectivity index (χ2n) is 5.59. The maximum atomic E-state index is 12.0. The predicted octanol–water partition coefficient (Wildman–Crippen LogP) is 0.800. The van der Waals surface area contributed by atoms with Gasteiger partial charge >= 0.3 is 0 Å². The van der Waals surface area contributed by atoms with Crippen LogP contribution in [0.25, 0.3) is 0 Å². The van der Waals surface area contributed by atoms with E-state index in [0.29, 0.717) is 24.7 Å². The summed E-state index contributed by atoms with van der Waals surface area (Å²) in [6.45, 7) is 9.56. The lowest BCUT2D eigenvalue weighted by Crippen LogP contribution is -2.55. The highest BCUT2D eigenvalue weighted by Crippen LogP contribution is 2.28. The molecule has 0 saturated heterocycles. The fourth-order valence-corrected chi connectivity index (χ4v) is 1.24. The zero-order chi connectivity index (χ0) is 14.0. The Kier molecular flexibility index (Phi) is 4.11. The first-order chi connectivity index (χ1) is 8.14. The Morgan fingerprint density at radius 3 is 2.44 bits per heavy atom. The van der Waals surface area contributed by atoms with E-state index in [1.807, 2.05) is 27.7 Å². The average Bonchev–Trinajstić information content (AvgIpc) is 2.62. The molecule has 1 heterocycles. The van der Waals surface area contributed by atoms with Gasteiger partial charge in [-0.15, -0.1) is 0 Å². The summed E-state index contributed by atoms with van der Waals surface area (Å²) in [5.74, 6) is 1.04. The van der Waals surface area contributed by atoms with E-state index in [1.165, 1.54) is 0 Å². The first kappa shape index (κ1) is 14.6. The molecule has 0 aliphatic heterocycles. The summed E-state index contributed by atoms with van der Waals surface area (Å²) in [6.07, 6.45) is 0.521. The number of aromatic nitrogens is 2. The van der Waals surface area contributed by atoms with Crippen molar-refractivity contribution in [1.29, 1.82) is 0 Å². The standard InChI is InChI=1S/C12H22N4O2/c1-8-15-9(18-16-8)6-7-14-10(17)11(2,3)12(4,5)13/h6-7,13H2,1-5H3,(H,14,17). The van der Waals surface area contributed by atoms with Crippen LogP contribution >= 0.6 is 0 Å². The molecule has 3 N–H and O–H groups in total. The summed E-state index contributed by atoms with van der Waals surface area (Å²) in [6, 6.07) is 0. The van der Waals surface area contributed by atoms with Crippen molar-refractivity contribution in [3.63, 3.8) is 0 Å². The molecule has 0 bridgehead atoms. The molecule has 0 saturated carbocycles. The molecule has 1 aromatic rings. The Labute approximate surface area is 107 Å². The number of nitrogens with one attached hydrogen (secondary N) is 1. The van der Waals surface area contributed by atoms with E-state index in [0.717, 1.165) is 0 Å².